The topological polar surface area (TPSA) is 111 Å². The fourth-order valence-corrected chi connectivity index (χ4v) is 3.76. The molecule has 0 unspecified atom stereocenters. The predicted molar refractivity (Wildman–Crippen MR) is 112 cm³/mol. The van der Waals surface area contributed by atoms with E-state index in [4.69, 9.17) is 9.47 Å². The van der Waals surface area contributed by atoms with E-state index in [2.05, 4.69) is 15.3 Å². The number of carboxylic acids is 1. The Labute approximate surface area is 175 Å². The molecule has 0 radical (unpaired) electrons. The molecule has 8 nitrogen and oxygen atoms in total. The molecule has 1 aliphatic rings. The molecule has 1 aromatic heterocycles. The zero-order valence-corrected chi connectivity index (χ0v) is 17.3. The Morgan fingerprint density at radius 2 is 1.93 bits per heavy atom. The van der Waals surface area contributed by atoms with Crippen molar-refractivity contribution in [3.63, 3.8) is 0 Å². The number of rotatable bonds is 8. The third-order valence-electron chi connectivity index (χ3n) is 5.39. The van der Waals surface area contributed by atoms with Crippen molar-refractivity contribution in [3.05, 3.63) is 36.0 Å². The monoisotopic (exact) mass is 413 g/mol. The average Bonchev–Trinajstić information content (AvgIpc) is 2.77. The largest absolute Gasteiger partial charge is 0.497 e. The van der Waals surface area contributed by atoms with Crippen LogP contribution in [0.5, 0.6) is 5.75 Å². The molecular formula is C22H27N3O5. The number of benzene rings is 1. The summed E-state index contributed by atoms with van der Waals surface area (Å²) in [6, 6.07) is 7.29. The van der Waals surface area contributed by atoms with Gasteiger partial charge in [0.1, 0.15) is 17.1 Å². The SMILES string of the molecule is CCOC(=O)c1cnc(-c2ccc(OC)cc2)nc1NC[C@@H]1CCCC[C@@H]1C(=O)O. The fourth-order valence-electron chi connectivity index (χ4n) is 3.76. The first-order valence-electron chi connectivity index (χ1n) is 10.2. The molecule has 1 heterocycles. The third kappa shape index (κ3) is 5.06. The highest BCUT2D eigenvalue weighted by Gasteiger charge is 2.31. The molecule has 1 saturated carbocycles. The van der Waals surface area contributed by atoms with Crippen LogP contribution in [0, 0.1) is 11.8 Å². The van der Waals surface area contributed by atoms with Gasteiger partial charge >= 0.3 is 11.9 Å². The van der Waals surface area contributed by atoms with Crippen LogP contribution in [-0.4, -0.2) is 47.3 Å². The van der Waals surface area contributed by atoms with Gasteiger partial charge in [-0.25, -0.2) is 14.8 Å². The molecule has 3 rings (SSSR count). The molecule has 1 aliphatic carbocycles. The lowest BCUT2D eigenvalue weighted by atomic mass is 9.79. The van der Waals surface area contributed by atoms with E-state index in [0.717, 1.165) is 30.6 Å². The van der Waals surface area contributed by atoms with Crippen molar-refractivity contribution in [3.8, 4) is 17.1 Å². The molecule has 1 fully saturated rings. The van der Waals surface area contributed by atoms with Crippen molar-refractivity contribution in [2.75, 3.05) is 25.6 Å². The Kier molecular flexibility index (Phi) is 7.21. The van der Waals surface area contributed by atoms with Gasteiger partial charge in [-0.3, -0.25) is 4.79 Å². The molecular weight excluding hydrogens is 386 g/mol. The number of carbonyl (C=O) groups excluding carboxylic acids is 1. The maximum Gasteiger partial charge on any atom is 0.343 e. The van der Waals surface area contributed by atoms with Gasteiger partial charge in [-0.1, -0.05) is 12.8 Å². The van der Waals surface area contributed by atoms with E-state index in [1.807, 2.05) is 24.3 Å². The Morgan fingerprint density at radius 1 is 1.20 bits per heavy atom. The van der Waals surface area contributed by atoms with Crippen LogP contribution in [0.2, 0.25) is 0 Å². The van der Waals surface area contributed by atoms with Crippen LogP contribution in [0.25, 0.3) is 11.4 Å². The molecule has 2 aromatic rings. The summed E-state index contributed by atoms with van der Waals surface area (Å²) >= 11 is 0. The average molecular weight is 413 g/mol. The fraction of sp³-hybridized carbons (Fsp3) is 0.455. The van der Waals surface area contributed by atoms with Crippen molar-refractivity contribution in [2.45, 2.75) is 32.6 Å². The number of anilines is 1. The second-order valence-corrected chi connectivity index (χ2v) is 7.28. The van der Waals surface area contributed by atoms with Crippen LogP contribution in [0.3, 0.4) is 0 Å². The first-order valence-corrected chi connectivity index (χ1v) is 10.2. The Balaban J connectivity index is 1.86. The summed E-state index contributed by atoms with van der Waals surface area (Å²) < 4.78 is 10.3. The number of aliphatic carboxylic acids is 1. The first-order chi connectivity index (χ1) is 14.5. The molecule has 1 aromatic carbocycles. The van der Waals surface area contributed by atoms with E-state index in [1.165, 1.54) is 6.20 Å². The van der Waals surface area contributed by atoms with Gasteiger partial charge in [-0.2, -0.15) is 0 Å². The molecule has 0 saturated heterocycles. The predicted octanol–water partition coefficient (Wildman–Crippen LogP) is 3.63. The summed E-state index contributed by atoms with van der Waals surface area (Å²) in [6.07, 6.45) is 4.88. The number of hydrogen-bond acceptors (Lipinski definition) is 7. The minimum Gasteiger partial charge on any atom is -0.497 e. The molecule has 160 valence electrons. The molecule has 2 atom stereocenters. The van der Waals surface area contributed by atoms with Gasteiger partial charge in [-0.15, -0.1) is 0 Å². The number of ether oxygens (including phenoxy) is 2. The standard InChI is InChI=1S/C22H27N3O5/c1-3-30-22(28)18-13-24-19(14-8-10-16(29-2)11-9-14)25-20(18)23-12-15-6-4-5-7-17(15)21(26)27/h8-11,13,15,17H,3-7,12H2,1-2H3,(H,26,27)(H,23,24,25)/t15-,17-/m0/s1. The molecule has 2 N–H and O–H groups in total. The number of hydrogen-bond donors (Lipinski definition) is 2. The normalized spacial score (nSPS) is 18.5. The van der Waals surface area contributed by atoms with Crippen LogP contribution in [0.1, 0.15) is 43.0 Å². The summed E-state index contributed by atoms with van der Waals surface area (Å²) in [4.78, 5) is 32.8. The summed E-state index contributed by atoms with van der Waals surface area (Å²) in [5, 5.41) is 12.7. The Morgan fingerprint density at radius 3 is 2.60 bits per heavy atom. The highest BCUT2D eigenvalue weighted by Crippen LogP contribution is 2.31. The van der Waals surface area contributed by atoms with Gasteiger partial charge < -0.3 is 19.9 Å². The first kappa shape index (κ1) is 21.5. The summed E-state index contributed by atoms with van der Waals surface area (Å²) in [6.45, 7) is 2.39. The summed E-state index contributed by atoms with van der Waals surface area (Å²) in [7, 11) is 1.59. The lowest BCUT2D eigenvalue weighted by Gasteiger charge is -2.29. The van der Waals surface area contributed by atoms with E-state index >= 15 is 0 Å². The van der Waals surface area contributed by atoms with Gasteiger partial charge in [0.05, 0.1) is 19.6 Å². The highest BCUT2D eigenvalue weighted by atomic mass is 16.5. The quantitative estimate of drug-likeness (QED) is 0.631. The van der Waals surface area contributed by atoms with E-state index in [9.17, 15) is 14.7 Å². The Hall–Kier alpha value is -3.16. The number of carboxylic acid groups (broad SMARTS) is 1. The smallest absolute Gasteiger partial charge is 0.343 e. The summed E-state index contributed by atoms with van der Waals surface area (Å²) in [5.74, 6) is -0.174. The van der Waals surface area contributed by atoms with Crippen molar-refractivity contribution < 1.29 is 24.2 Å². The molecule has 0 bridgehead atoms. The maximum absolute atomic E-state index is 12.4. The zero-order valence-electron chi connectivity index (χ0n) is 17.3. The van der Waals surface area contributed by atoms with Crippen molar-refractivity contribution in [1.29, 1.82) is 0 Å². The van der Waals surface area contributed by atoms with Gasteiger partial charge in [0.2, 0.25) is 0 Å². The highest BCUT2D eigenvalue weighted by molar-refractivity contribution is 5.94. The lowest BCUT2D eigenvalue weighted by molar-refractivity contribution is -0.144. The third-order valence-corrected chi connectivity index (χ3v) is 5.39. The minimum absolute atomic E-state index is 0.0225. The van der Waals surface area contributed by atoms with Crippen LogP contribution < -0.4 is 10.1 Å². The minimum atomic E-state index is -0.770. The van der Waals surface area contributed by atoms with Gasteiger partial charge in [0.15, 0.2) is 5.82 Å². The molecule has 30 heavy (non-hydrogen) atoms. The maximum atomic E-state index is 12.4. The van der Waals surface area contributed by atoms with E-state index in [1.54, 1.807) is 14.0 Å². The van der Waals surface area contributed by atoms with Crippen LogP contribution in [-0.2, 0) is 9.53 Å². The number of nitrogens with zero attached hydrogens (tertiary/aromatic N) is 2. The van der Waals surface area contributed by atoms with Gasteiger partial charge in [-0.05, 0) is 49.9 Å². The van der Waals surface area contributed by atoms with Gasteiger partial charge in [0, 0.05) is 18.3 Å². The summed E-state index contributed by atoms with van der Waals surface area (Å²) in [5.41, 5.74) is 1.01. The second-order valence-electron chi connectivity index (χ2n) is 7.28. The van der Waals surface area contributed by atoms with Crippen LogP contribution in [0.4, 0.5) is 5.82 Å². The van der Waals surface area contributed by atoms with Crippen molar-refractivity contribution in [2.24, 2.45) is 11.8 Å². The van der Waals surface area contributed by atoms with Gasteiger partial charge in [0.25, 0.3) is 0 Å². The number of nitrogens with one attached hydrogen (secondary N) is 1. The zero-order chi connectivity index (χ0) is 21.5. The number of methoxy groups -OCH3 is 1. The molecule has 0 spiro atoms. The molecule has 0 amide bonds. The lowest BCUT2D eigenvalue weighted by Crippen LogP contribution is -2.32. The Bertz CT molecular complexity index is 885. The second kappa shape index (κ2) is 10.0. The van der Waals surface area contributed by atoms with Crippen molar-refractivity contribution in [1.82, 2.24) is 9.97 Å². The number of aromatic nitrogens is 2. The molecule has 8 heteroatoms. The van der Waals surface area contributed by atoms with E-state index < -0.39 is 11.9 Å². The van der Waals surface area contributed by atoms with E-state index in [-0.39, 0.29) is 24.0 Å². The number of carbonyl (C=O) groups is 2. The van der Waals surface area contributed by atoms with Crippen molar-refractivity contribution >= 4 is 17.8 Å². The van der Waals surface area contributed by atoms with E-state index in [0.29, 0.717) is 24.6 Å². The molecule has 0 aliphatic heterocycles. The van der Waals surface area contributed by atoms with Crippen LogP contribution in [0.15, 0.2) is 30.5 Å². The van der Waals surface area contributed by atoms with Crippen LogP contribution >= 0.6 is 0 Å². The number of esters is 1.